The molecule has 0 aliphatic heterocycles. The highest BCUT2D eigenvalue weighted by Gasteiger charge is 2.20. The van der Waals surface area contributed by atoms with Gasteiger partial charge in [-0.25, -0.2) is 4.79 Å². The number of nitrogens with zero attached hydrogens (tertiary/aromatic N) is 1. The number of para-hydroxylation sites is 1. The van der Waals surface area contributed by atoms with Crippen molar-refractivity contribution in [3.8, 4) is 0 Å². The molecular weight excluding hydrogens is 276 g/mol. The number of carboxylic acids is 2. The van der Waals surface area contributed by atoms with Crippen LogP contribution in [0.1, 0.15) is 5.56 Å². The molecule has 21 heavy (non-hydrogen) atoms. The van der Waals surface area contributed by atoms with Crippen molar-refractivity contribution in [2.75, 3.05) is 0 Å². The zero-order valence-electron chi connectivity index (χ0n) is 11.0. The molecule has 0 aliphatic carbocycles. The number of rotatable bonds is 7. The number of nitrogens with one attached hydrogen (secondary N) is 1. The van der Waals surface area contributed by atoms with Crippen molar-refractivity contribution >= 4 is 29.3 Å². The molecule has 0 aliphatic rings. The van der Waals surface area contributed by atoms with E-state index in [4.69, 9.17) is 10.2 Å². The quantitative estimate of drug-likeness (QED) is 0.642. The van der Waals surface area contributed by atoms with Crippen molar-refractivity contribution in [1.82, 2.24) is 9.88 Å². The summed E-state index contributed by atoms with van der Waals surface area (Å²) in [6.45, 7) is -0.209. The first kappa shape index (κ1) is 14.6. The lowest BCUT2D eigenvalue weighted by molar-refractivity contribution is -0.140. The van der Waals surface area contributed by atoms with Gasteiger partial charge in [0.05, 0.1) is 0 Å². The number of carboxylic acid groups (broad SMARTS) is 2. The molecule has 0 radical (unpaired) electrons. The van der Waals surface area contributed by atoms with E-state index < -0.39 is 18.0 Å². The van der Waals surface area contributed by atoms with Crippen molar-refractivity contribution in [1.29, 1.82) is 0 Å². The fourth-order valence-corrected chi connectivity index (χ4v) is 2.28. The number of aliphatic carboxylic acids is 2. The van der Waals surface area contributed by atoms with E-state index in [1.807, 2.05) is 0 Å². The maximum absolute atomic E-state index is 11.1. The molecule has 2 aromatic rings. The molecule has 1 heterocycles. The fraction of sp³-hybridized carbons (Fsp3) is 0.214. The van der Waals surface area contributed by atoms with Gasteiger partial charge in [0.25, 0.3) is 0 Å². The number of carbonyl (C=O) groups is 3. The number of amides is 1. The van der Waals surface area contributed by atoms with Crippen LogP contribution in [-0.4, -0.2) is 39.2 Å². The third kappa shape index (κ3) is 3.19. The van der Waals surface area contributed by atoms with Gasteiger partial charge < -0.3 is 20.1 Å². The van der Waals surface area contributed by atoms with Gasteiger partial charge in [0.2, 0.25) is 6.41 Å². The number of hydrogen-bond acceptors (Lipinski definition) is 3. The average molecular weight is 290 g/mol. The Kier molecular flexibility index (Phi) is 4.22. The molecule has 110 valence electrons. The topological polar surface area (TPSA) is 109 Å². The van der Waals surface area contributed by atoms with Crippen molar-refractivity contribution in [2.45, 2.75) is 19.0 Å². The molecule has 0 fully saturated rings. The first-order chi connectivity index (χ1) is 10.0. The molecule has 0 spiro atoms. The minimum atomic E-state index is -1.14. The molecule has 7 nitrogen and oxygen atoms in total. The van der Waals surface area contributed by atoms with Crippen molar-refractivity contribution < 1.29 is 24.6 Å². The predicted octanol–water partition coefficient (Wildman–Crippen LogP) is 0.468. The number of aromatic nitrogens is 1. The average Bonchev–Trinajstić information content (AvgIpc) is 2.76. The Bertz CT molecular complexity index is 692. The normalized spacial score (nSPS) is 12.0. The highest BCUT2D eigenvalue weighted by molar-refractivity contribution is 5.86. The number of carbonyl (C=O) groups excluding carboxylic acids is 1. The molecule has 1 aromatic heterocycles. The van der Waals surface area contributed by atoms with Gasteiger partial charge >= 0.3 is 11.9 Å². The minimum Gasteiger partial charge on any atom is -0.480 e. The lowest BCUT2D eigenvalue weighted by Crippen LogP contribution is -2.37. The Morgan fingerprint density at radius 1 is 1.29 bits per heavy atom. The summed E-state index contributed by atoms with van der Waals surface area (Å²) in [7, 11) is 0. The molecular formula is C14H14N2O5. The maximum atomic E-state index is 11.1. The van der Waals surface area contributed by atoms with Crippen LogP contribution in [0.15, 0.2) is 30.5 Å². The van der Waals surface area contributed by atoms with E-state index in [0.29, 0.717) is 17.5 Å². The van der Waals surface area contributed by atoms with E-state index in [0.717, 1.165) is 5.39 Å². The second kappa shape index (κ2) is 6.08. The van der Waals surface area contributed by atoms with Gasteiger partial charge in [0, 0.05) is 23.5 Å². The second-order valence-corrected chi connectivity index (χ2v) is 4.57. The molecule has 1 aromatic carbocycles. The van der Waals surface area contributed by atoms with Crippen LogP contribution in [0.5, 0.6) is 0 Å². The number of hydrogen-bond donors (Lipinski definition) is 3. The Morgan fingerprint density at radius 3 is 2.62 bits per heavy atom. The zero-order valence-corrected chi connectivity index (χ0v) is 11.0. The zero-order chi connectivity index (χ0) is 15.4. The van der Waals surface area contributed by atoms with Gasteiger partial charge in [-0.2, -0.15) is 0 Å². The number of benzene rings is 1. The summed E-state index contributed by atoms with van der Waals surface area (Å²) < 4.78 is 1.55. The van der Waals surface area contributed by atoms with E-state index in [-0.39, 0.29) is 13.0 Å². The van der Waals surface area contributed by atoms with Gasteiger partial charge in [-0.15, -0.1) is 0 Å². The summed E-state index contributed by atoms with van der Waals surface area (Å²) in [6, 6.07) is 6.09. The van der Waals surface area contributed by atoms with Gasteiger partial charge in [-0.3, -0.25) is 9.59 Å². The Balaban J connectivity index is 2.41. The molecule has 0 bridgehead atoms. The lowest BCUT2D eigenvalue weighted by Gasteiger charge is -2.09. The molecule has 3 N–H and O–H groups in total. The minimum absolute atomic E-state index is 0.0845. The molecule has 0 saturated carbocycles. The van der Waals surface area contributed by atoms with E-state index >= 15 is 0 Å². The van der Waals surface area contributed by atoms with Crippen LogP contribution in [0.4, 0.5) is 0 Å². The fourth-order valence-electron chi connectivity index (χ4n) is 2.28. The van der Waals surface area contributed by atoms with Gasteiger partial charge in [0.1, 0.15) is 12.6 Å². The highest BCUT2D eigenvalue weighted by Crippen LogP contribution is 2.22. The van der Waals surface area contributed by atoms with E-state index in [1.165, 1.54) is 0 Å². The van der Waals surface area contributed by atoms with E-state index in [9.17, 15) is 14.4 Å². The van der Waals surface area contributed by atoms with Crippen LogP contribution in [0, 0.1) is 0 Å². The van der Waals surface area contributed by atoms with Crippen LogP contribution in [-0.2, 0) is 27.3 Å². The summed E-state index contributed by atoms with van der Waals surface area (Å²) >= 11 is 0. The second-order valence-electron chi connectivity index (χ2n) is 4.57. The molecule has 1 amide bonds. The molecule has 7 heteroatoms. The lowest BCUT2D eigenvalue weighted by atomic mass is 10.1. The van der Waals surface area contributed by atoms with Crippen molar-refractivity contribution in [3.05, 3.63) is 36.0 Å². The van der Waals surface area contributed by atoms with Crippen LogP contribution in [0.3, 0.4) is 0 Å². The summed E-state index contributed by atoms with van der Waals surface area (Å²) in [4.78, 5) is 32.4. The Hall–Kier alpha value is -2.83. The third-order valence-corrected chi connectivity index (χ3v) is 3.17. The number of fused-ring (bicyclic) bond motifs is 1. The molecule has 1 atom stereocenters. The van der Waals surface area contributed by atoms with Gasteiger partial charge in [-0.1, -0.05) is 18.2 Å². The molecule has 0 unspecified atom stereocenters. The predicted molar refractivity (Wildman–Crippen MR) is 73.9 cm³/mol. The monoisotopic (exact) mass is 290 g/mol. The van der Waals surface area contributed by atoms with Crippen LogP contribution < -0.4 is 5.32 Å². The first-order valence-corrected chi connectivity index (χ1v) is 6.24. The van der Waals surface area contributed by atoms with E-state index in [2.05, 4.69) is 5.32 Å². The summed E-state index contributed by atoms with van der Waals surface area (Å²) in [6.07, 6.45) is 2.04. The summed E-state index contributed by atoms with van der Waals surface area (Å²) in [5.41, 5.74) is 1.39. The van der Waals surface area contributed by atoms with Gasteiger partial charge in [-0.05, 0) is 11.6 Å². The highest BCUT2D eigenvalue weighted by atomic mass is 16.4. The summed E-state index contributed by atoms with van der Waals surface area (Å²) in [5.74, 6) is -2.12. The van der Waals surface area contributed by atoms with Crippen molar-refractivity contribution in [3.63, 3.8) is 0 Å². The maximum Gasteiger partial charge on any atom is 0.326 e. The van der Waals surface area contributed by atoms with Crippen LogP contribution in [0.2, 0.25) is 0 Å². The standard InChI is InChI=1S/C14H14N2O5/c17-8-15-11(14(20)21)5-9-6-16(7-13(18)19)12-4-2-1-3-10(9)12/h1-4,6,8,11H,5,7H2,(H,15,17)(H,18,19)(H,20,21)/t11-/m0/s1. The molecule has 2 rings (SSSR count). The molecule has 0 saturated heterocycles. The largest absolute Gasteiger partial charge is 0.480 e. The van der Waals surface area contributed by atoms with E-state index in [1.54, 1.807) is 35.0 Å². The van der Waals surface area contributed by atoms with Crippen molar-refractivity contribution in [2.24, 2.45) is 0 Å². The Labute approximate surface area is 119 Å². The SMILES string of the molecule is O=CN[C@@H](Cc1cn(CC(=O)O)c2ccccc12)C(=O)O. The summed E-state index contributed by atoms with van der Waals surface area (Å²) in [5, 5.41) is 21.0. The first-order valence-electron chi connectivity index (χ1n) is 6.24. The Morgan fingerprint density at radius 2 is 2.00 bits per heavy atom. The van der Waals surface area contributed by atoms with Crippen LogP contribution >= 0.6 is 0 Å². The smallest absolute Gasteiger partial charge is 0.326 e. The third-order valence-electron chi connectivity index (χ3n) is 3.17. The van der Waals surface area contributed by atoms with Gasteiger partial charge in [0.15, 0.2) is 0 Å². The van der Waals surface area contributed by atoms with Crippen LogP contribution in [0.25, 0.3) is 10.9 Å².